The molecule has 0 atom stereocenters. The molecule has 0 radical (unpaired) electrons. The maximum atomic E-state index is 11.7. The number of hydrogen-bond donors (Lipinski definition) is 4. The van der Waals surface area contributed by atoms with E-state index in [0.29, 0.717) is 28.2 Å². The van der Waals surface area contributed by atoms with Gasteiger partial charge in [-0.1, -0.05) is 23.7 Å². The molecule has 0 amide bonds. The number of nitrogens with zero attached hydrogens (tertiary/aromatic N) is 3. The van der Waals surface area contributed by atoms with Crippen molar-refractivity contribution >= 4 is 56.1 Å². The lowest BCUT2D eigenvalue weighted by atomic mass is 10.1. The molecule has 0 spiro atoms. The van der Waals surface area contributed by atoms with Gasteiger partial charge in [0, 0.05) is 38.1 Å². The number of nitrogens with one attached hydrogen (secondary N) is 4. The Morgan fingerprint density at radius 2 is 1.91 bits per heavy atom. The lowest BCUT2D eigenvalue weighted by molar-refractivity contribution is 0.607. The van der Waals surface area contributed by atoms with E-state index in [1.54, 1.807) is 24.3 Å². The molecule has 1 aliphatic rings. The molecule has 0 saturated heterocycles. The predicted molar refractivity (Wildman–Crippen MR) is 130 cm³/mol. The van der Waals surface area contributed by atoms with Crippen molar-refractivity contribution in [2.75, 3.05) is 46.6 Å². The van der Waals surface area contributed by atoms with Crippen LogP contribution in [0.4, 0.5) is 34.5 Å². The monoisotopic (exact) mass is 473 g/mol. The van der Waals surface area contributed by atoms with Crippen molar-refractivity contribution in [1.29, 1.82) is 0 Å². The highest BCUT2D eigenvalue weighted by Gasteiger charge is 2.14. The van der Waals surface area contributed by atoms with E-state index >= 15 is 0 Å². The zero-order valence-corrected chi connectivity index (χ0v) is 19.3. The third kappa shape index (κ3) is 5.39. The average Bonchev–Trinajstić information content (AvgIpc) is 2.92. The van der Waals surface area contributed by atoms with Crippen LogP contribution in [0.1, 0.15) is 5.56 Å². The van der Waals surface area contributed by atoms with Crippen molar-refractivity contribution in [2.45, 2.75) is 6.54 Å². The second-order valence-corrected chi connectivity index (χ2v) is 9.66. The number of halogens is 1. The van der Waals surface area contributed by atoms with E-state index in [2.05, 4.69) is 54.7 Å². The molecule has 0 bridgehead atoms. The minimum atomic E-state index is -3.44. The van der Waals surface area contributed by atoms with E-state index in [9.17, 15) is 8.42 Å². The first kappa shape index (κ1) is 22.1. The van der Waals surface area contributed by atoms with Crippen LogP contribution in [-0.2, 0) is 16.6 Å². The van der Waals surface area contributed by atoms with E-state index < -0.39 is 10.0 Å². The van der Waals surface area contributed by atoms with Crippen molar-refractivity contribution in [3.63, 3.8) is 0 Å². The molecule has 1 aromatic heterocycles. The molecule has 0 saturated carbocycles. The van der Waals surface area contributed by atoms with Gasteiger partial charge in [0.05, 0.1) is 23.8 Å². The van der Waals surface area contributed by atoms with E-state index in [-0.39, 0.29) is 0 Å². The van der Waals surface area contributed by atoms with Crippen LogP contribution >= 0.6 is 11.6 Å². The number of sulfonamides is 1. The van der Waals surface area contributed by atoms with E-state index in [1.165, 1.54) is 17.4 Å². The molecule has 3 aromatic rings. The first-order valence-corrected chi connectivity index (χ1v) is 12.2. The first-order chi connectivity index (χ1) is 15.3. The number of hydrogen-bond acceptors (Lipinski definition) is 8. The Balaban J connectivity index is 1.58. The van der Waals surface area contributed by atoms with Crippen LogP contribution in [0.25, 0.3) is 0 Å². The number of benzene rings is 2. The molecule has 32 heavy (non-hydrogen) atoms. The summed E-state index contributed by atoms with van der Waals surface area (Å²) in [5, 5.41) is 10.0. The number of rotatable bonds is 6. The quantitative estimate of drug-likeness (QED) is 0.430. The van der Waals surface area contributed by atoms with Crippen molar-refractivity contribution < 1.29 is 8.42 Å². The van der Waals surface area contributed by atoms with Gasteiger partial charge >= 0.3 is 0 Å². The van der Waals surface area contributed by atoms with E-state index in [0.717, 1.165) is 31.6 Å². The normalized spacial score (nSPS) is 13.8. The van der Waals surface area contributed by atoms with Crippen LogP contribution in [0.15, 0.2) is 48.7 Å². The first-order valence-electron chi connectivity index (χ1n) is 9.97. The summed E-state index contributed by atoms with van der Waals surface area (Å²) in [6.07, 6.45) is 2.59. The van der Waals surface area contributed by atoms with Gasteiger partial charge in [-0.05, 0) is 35.9 Å². The fourth-order valence-corrected chi connectivity index (χ4v) is 4.14. The molecule has 1 aliphatic heterocycles. The molecule has 2 aromatic carbocycles. The lowest BCUT2D eigenvalue weighted by Crippen LogP contribution is -2.24. The number of likely N-dealkylation sites (N-methyl/N-ethyl adjacent to an activating group) is 1. The second kappa shape index (κ2) is 9.19. The topological polar surface area (TPSA) is 111 Å². The summed E-state index contributed by atoms with van der Waals surface area (Å²) in [6.45, 7) is 2.66. The summed E-state index contributed by atoms with van der Waals surface area (Å²) in [7, 11) is -1.36. The standard InChI is InChI=1S/C21H24ClN7O2S/c1-29-10-9-23-12-14-11-15(7-8-19(14)29)25-21-24-13-16(22)20(27-21)26-17-5-3-4-6-18(17)28-32(2,30)31/h3-8,11,13,23,28H,9-10,12H2,1-2H3,(H2,24,25,26,27). The molecule has 4 N–H and O–H groups in total. The van der Waals surface area contributed by atoms with Gasteiger partial charge in [0.2, 0.25) is 16.0 Å². The Hall–Kier alpha value is -3.08. The summed E-state index contributed by atoms with van der Waals surface area (Å²) < 4.78 is 25.8. The number of para-hydroxylation sites is 2. The highest BCUT2D eigenvalue weighted by molar-refractivity contribution is 7.92. The maximum Gasteiger partial charge on any atom is 0.229 e. The third-order valence-corrected chi connectivity index (χ3v) is 5.77. The van der Waals surface area contributed by atoms with Gasteiger partial charge in [-0.15, -0.1) is 0 Å². The molecular formula is C21H24ClN7O2S. The summed E-state index contributed by atoms with van der Waals surface area (Å²) >= 11 is 6.30. The van der Waals surface area contributed by atoms with E-state index in [1.807, 2.05) is 6.07 Å². The number of aromatic nitrogens is 2. The van der Waals surface area contributed by atoms with E-state index in [4.69, 9.17) is 11.6 Å². The maximum absolute atomic E-state index is 11.7. The van der Waals surface area contributed by atoms with Crippen molar-refractivity contribution in [3.05, 3.63) is 59.2 Å². The Morgan fingerprint density at radius 3 is 2.69 bits per heavy atom. The van der Waals surface area contributed by atoms with Gasteiger partial charge < -0.3 is 20.9 Å². The minimum Gasteiger partial charge on any atom is -0.373 e. The van der Waals surface area contributed by atoms with Crippen LogP contribution in [0.3, 0.4) is 0 Å². The highest BCUT2D eigenvalue weighted by Crippen LogP contribution is 2.30. The summed E-state index contributed by atoms with van der Waals surface area (Å²) in [5.41, 5.74) is 4.14. The predicted octanol–water partition coefficient (Wildman–Crippen LogP) is 3.53. The Morgan fingerprint density at radius 1 is 1.12 bits per heavy atom. The Labute approximate surface area is 192 Å². The SMILES string of the molecule is CN1CCNCc2cc(Nc3ncc(Cl)c(Nc4ccccc4NS(C)(=O)=O)n3)ccc21. The highest BCUT2D eigenvalue weighted by atomic mass is 35.5. The smallest absolute Gasteiger partial charge is 0.229 e. The fraction of sp³-hybridized carbons (Fsp3) is 0.238. The zero-order chi connectivity index (χ0) is 22.7. The molecule has 4 rings (SSSR count). The van der Waals surface area contributed by atoms with Crippen molar-refractivity contribution in [2.24, 2.45) is 0 Å². The lowest BCUT2D eigenvalue weighted by Gasteiger charge is -2.19. The Bertz CT molecular complexity index is 1240. The van der Waals surface area contributed by atoms with Crippen LogP contribution in [0.5, 0.6) is 0 Å². The van der Waals surface area contributed by atoms with Gasteiger partial charge in [0.15, 0.2) is 5.82 Å². The molecule has 0 fully saturated rings. The van der Waals surface area contributed by atoms with Crippen LogP contribution in [-0.4, -0.2) is 44.8 Å². The van der Waals surface area contributed by atoms with Gasteiger partial charge in [-0.2, -0.15) is 4.98 Å². The molecule has 0 aliphatic carbocycles. The molecule has 168 valence electrons. The van der Waals surface area contributed by atoms with Crippen molar-refractivity contribution in [3.8, 4) is 0 Å². The van der Waals surface area contributed by atoms with Gasteiger partial charge in [0.25, 0.3) is 0 Å². The molecule has 11 heteroatoms. The number of anilines is 6. The Kier molecular flexibility index (Phi) is 6.35. The van der Waals surface area contributed by atoms with Gasteiger partial charge in [-0.25, -0.2) is 13.4 Å². The molecule has 9 nitrogen and oxygen atoms in total. The summed E-state index contributed by atoms with van der Waals surface area (Å²) in [5.74, 6) is 0.711. The third-order valence-electron chi connectivity index (χ3n) is 4.91. The molecule has 0 unspecified atom stereocenters. The van der Waals surface area contributed by atoms with Gasteiger partial charge in [-0.3, -0.25) is 4.72 Å². The fourth-order valence-electron chi connectivity index (χ4n) is 3.42. The number of fused-ring (bicyclic) bond motifs is 1. The molecular weight excluding hydrogens is 450 g/mol. The average molecular weight is 474 g/mol. The minimum absolute atomic E-state index is 0.303. The van der Waals surface area contributed by atoms with Gasteiger partial charge in [0.1, 0.15) is 5.02 Å². The summed E-state index contributed by atoms with van der Waals surface area (Å²) in [4.78, 5) is 11.0. The molecule has 2 heterocycles. The second-order valence-electron chi connectivity index (χ2n) is 7.50. The largest absolute Gasteiger partial charge is 0.373 e. The van der Waals surface area contributed by atoms with Crippen LogP contribution in [0, 0.1) is 0 Å². The van der Waals surface area contributed by atoms with Crippen LogP contribution < -0.4 is 25.6 Å². The van der Waals surface area contributed by atoms with Crippen molar-refractivity contribution in [1.82, 2.24) is 15.3 Å². The summed E-state index contributed by atoms with van der Waals surface area (Å²) in [6, 6.07) is 13.0. The zero-order valence-electron chi connectivity index (χ0n) is 17.7. The van der Waals surface area contributed by atoms with Crippen LogP contribution in [0.2, 0.25) is 5.02 Å².